The van der Waals surface area contributed by atoms with Gasteiger partial charge in [0.2, 0.25) is 5.56 Å². The molecule has 0 atom stereocenters. The number of benzene rings is 2. The van der Waals surface area contributed by atoms with Gasteiger partial charge in [-0.3, -0.25) is 9.59 Å². The molecule has 0 saturated heterocycles. The monoisotopic (exact) mass is 390 g/mol. The van der Waals surface area contributed by atoms with Crippen molar-refractivity contribution < 1.29 is 9.90 Å². The smallest absolute Gasteiger partial charge is 0.307 e. The normalized spacial score (nSPS) is 10.4. The number of hydrogen-bond donors (Lipinski definition) is 2. The van der Waals surface area contributed by atoms with Crippen molar-refractivity contribution in [3.8, 4) is 6.07 Å². The van der Waals surface area contributed by atoms with Crippen LogP contribution in [0.3, 0.4) is 0 Å². The summed E-state index contributed by atoms with van der Waals surface area (Å²) >= 11 is 1.37. The van der Waals surface area contributed by atoms with Crippen LogP contribution in [0.2, 0.25) is 0 Å². The summed E-state index contributed by atoms with van der Waals surface area (Å²) in [5.74, 6) is -0.359. The Kier molecular flexibility index (Phi) is 6.30. The number of carbonyl (C=O) groups is 1. The van der Waals surface area contributed by atoms with Crippen molar-refractivity contribution in [3.05, 3.63) is 98.8 Å². The second-order valence-electron chi connectivity index (χ2n) is 6.32. The summed E-state index contributed by atoms with van der Waals surface area (Å²) < 4.78 is 0. The number of nitriles is 1. The van der Waals surface area contributed by atoms with Gasteiger partial charge in [0.05, 0.1) is 17.0 Å². The topological polar surface area (TPSA) is 94.0 Å². The lowest BCUT2D eigenvalue weighted by Crippen LogP contribution is -2.11. The second-order valence-corrected chi connectivity index (χ2v) is 7.30. The van der Waals surface area contributed by atoms with Gasteiger partial charge in [-0.1, -0.05) is 54.6 Å². The van der Waals surface area contributed by atoms with E-state index in [1.165, 1.54) is 17.8 Å². The largest absolute Gasteiger partial charge is 0.481 e. The number of pyridine rings is 1. The molecule has 0 spiro atoms. The van der Waals surface area contributed by atoms with Crippen molar-refractivity contribution in [2.75, 3.05) is 0 Å². The van der Waals surface area contributed by atoms with E-state index in [2.05, 4.69) is 11.1 Å². The molecule has 3 rings (SSSR count). The quantitative estimate of drug-likeness (QED) is 0.599. The van der Waals surface area contributed by atoms with Crippen LogP contribution >= 0.6 is 11.8 Å². The highest BCUT2D eigenvalue weighted by molar-refractivity contribution is 7.98. The van der Waals surface area contributed by atoms with E-state index in [4.69, 9.17) is 5.11 Å². The number of H-pyrrole nitrogens is 1. The summed E-state index contributed by atoms with van der Waals surface area (Å²) in [7, 11) is 0. The number of aromatic nitrogens is 1. The van der Waals surface area contributed by atoms with Gasteiger partial charge in [-0.25, -0.2) is 0 Å². The van der Waals surface area contributed by atoms with E-state index >= 15 is 0 Å². The predicted octanol–water partition coefficient (Wildman–Crippen LogP) is 3.76. The zero-order valence-corrected chi connectivity index (χ0v) is 15.8. The van der Waals surface area contributed by atoms with E-state index in [1.54, 1.807) is 6.07 Å². The fourth-order valence-corrected chi connectivity index (χ4v) is 3.92. The van der Waals surface area contributed by atoms with Crippen molar-refractivity contribution in [1.82, 2.24) is 4.98 Å². The van der Waals surface area contributed by atoms with Crippen LogP contribution in [0, 0.1) is 11.3 Å². The van der Waals surface area contributed by atoms with Gasteiger partial charge < -0.3 is 10.1 Å². The van der Waals surface area contributed by atoms with Crippen LogP contribution < -0.4 is 5.56 Å². The van der Waals surface area contributed by atoms with E-state index in [0.717, 1.165) is 16.7 Å². The highest BCUT2D eigenvalue weighted by atomic mass is 32.2. The Morgan fingerprint density at radius 1 is 1.04 bits per heavy atom. The van der Waals surface area contributed by atoms with Gasteiger partial charge in [-0.15, -0.1) is 11.8 Å². The van der Waals surface area contributed by atoms with Gasteiger partial charge in [0.15, 0.2) is 0 Å². The van der Waals surface area contributed by atoms with Gasteiger partial charge in [0, 0.05) is 11.8 Å². The molecule has 5 nitrogen and oxygen atoms in total. The first kappa shape index (κ1) is 19.5. The molecule has 0 fully saturated rings. The Hall–Kier alpha value is -3.30. The van der Waals surface area contributed by atoms with Gasteiger partial charge in [0.1, 0.15) is 6.07 Å². The van der Waals surface area contributed by atoms with E-state index in [9.17, 15) is 14.9 Å². The number of thioether (sulfide) groups is 1. The van der Waals surface area contributed by atoms with E-state index in [1.807, 2.05) is 48.5 Å². The van der Waals surface area contributed by atoms with Crippen LogP contribution in [0.4, 0.5) is 0 Å². The van der Waals surface area contributed by atoms with Crippen LogP contribution in [-0.2, 0) is 23.4 Å². The van der Waals surface area contributed by atoms with Gasteiger partial charge >= 0.3 is 5.97 Å². The van der Waals surface area contributed by atoms with Crippen LogP contribution in [0.1, 0.15) is 27.8 Å². The predicted molar refractivity (Wildman–Crippen MR) is 108 cm³/mol. The Labute approximate surface area is 166 Å². The van der Waals surface area contributed by atoms with Crippen molar-refractivity contribution in [3.63, 3.8) is 0 Å². The molecule has 0 unspecified atom stereocenters. The molecule has 0 aliphatic heterocycles. The highest BCUT2D eigenvalue weighted by Gasteiger charge is 2.12. The fraction of sp³-hybridized carbons (Fsp3) is 0.136. The Morgan fingerprint density at radius 2 is 1.75 bits per heavy atom. The molecule has 1 heterocycles. The summed E-state index contributed by atoms with van der Waals surface area (Å²) in [4.78, 5) is 25.8. The van der Waals surface area contributed by atoms with Crippen molar-refractivity contribution in [1.29, 1.82) is 5.26 Å². The minimum Gasteiger partial charge on any atom is -0.481 e. The molecule has 6 heteroatoms. The molecular weight excluding hydrogens is 372 g/mol. The van der Waals surface area contributed by atoms with Gasteiger partial charge in [0.25, 0.3) is 0 Å². The van der Waals surface area contributed by atoms with E-state index in [-0.39, 0.29) is 12.0 Å². The fourth-order valence-electron chi connectivity index (χ4n) is 2.93. The summed E-state index contributed by atoms with van der Waals surface area (Å²) in [6.07, 6.45) is 0.473. The third-order valence-corrected chi connectivity index (χ3v) is 5.24. The molecule has 0 saturated carbocycles. The van der Waals surface area contributed by atoms with Gasteiger partial charge in [-0.2, -0.15) is 5.26 Å². The first-order chi connectivity index (χ1) is 13.5. The number of hydrogen-bond acceptors (Lipinski definition) is 4. The molecule has 1 aromatic heterocycles. The lowest BCUT2D eigenvalue weighted by atomic mass is 10.0. The lowest BCUT2D eigenvalue weighted by Gasteiger charge is -2.10. The van der Waals surface area contributed by atoms with Crippen LogP contribution in [0.5, 0.6) is 0 Å². The maximum Gasteiger partial charge on any atom is 0.307 e. The molecule has 140 valence electrons. The van der Waals surface area contributed by atoms with E-state index in [0.29, 0.717) is 28.3 Å². The van der Waals surface area contributed by atoms with Crippen molar-refractivity contribution >= 4 is 17.7 Å². The molecule has 2 N–H and O–H groups in total. The number of nitrogens with one attached hydrogen (secondary N) is 1. The van der Waals surface area contributed by atoms with Gasteiger partial charge in [-0.05, 0) is 28.7 Å². The molecule has 2 aromatic carbocycles. The van der Waals surface area contributed by atoms with E-state index < -0.39 is 5.97 Å². The highest BCUT2D eigenvalue weighted by Crippen LogP contribution is 2.26. The average molecular weight is 390 g/mol. The maximum atomic E-state index is 12.1. The first-order valence-corrected chi connectivity index (χ1v) is 9.66. The Morgan fingerprint density at radius 3 is 2.46 bits per heavy atom. The summed E-state index contributed by atoms with van der Waals surface area (Å²) in [5, 5.41) is 19.1. The molecule has 0 aliphatic rings. The van der Waals surface area contributed by atoms with Crippen LogP contribution in [0.25, 0.3) is 0 Å². The third-order valence-electron chi connectivity index (χ3n) is 4.17. The molecule has 0 radical (unpaired) electrons. The summed E-state index contributed by atoms with van der Waals surface area (Å²) in [6, 6.07) is 20.7. The molecule has 28 heavy (non-hydrogen) atoms. The standard InChI is InChI=1S/C22H18N2O3S/c23-13-19-18(10-15-5-2-1-3-6-15)12-20(25)24-22(19)28-14-17-8-4-7-16(9-17)11-21(26)27/h1-9,12H,10-11,14H2,(H,24,25)(H,26,27). The minimum absolute atomic E-state index is 0.0364. The Balaban J connectivity index is 1.83. The van der Waals surface area contributed by atoms with Crippen molar-refractivity contribution in [2.24, 2.45) is 0 Å². The second kappa shape index (κ2) is 9.07. The number of rotatable bonds is 7. The zero-order valence-electron chi connectivity index (χ0n) is 15.0. The lowest BCUT2D eigenvalue weighted by molar-refractivity contribution is -0.136. The number of nitrogens with zero attached hydrogens (tertiary/aromatic N) is 1. The maximum absolute atomic E-state index is 12.1. The third kappa shape index (κ3) is 5.12. The van der Waals surface area contributed by atoms with Crippen LogP contribution in [-0.4, -0.2) is 16.1 Å². The summed E-state index contributed by atoms with van der Waals surface area (Å²) in [6.45, 7) is 0. The molecule has 0 amide bonds. The minimum atomic E-state index is -0.880. The Bertz CT molecular complexity index is 1080. The van der Waals surface area contributed by atoms with Crippen molar-refractivity contribution in [2.45, 2.75) is 23.6 Å². The SMILES string of the molecule is N#Cc1c(Cc2ccccc2)cc(=O)[nH]c1SCc1cccc(CC(=O)O)c1. The number of aliphatic carboxylic acids is 1. The molecule has 3 aromatic rings. The number of carboxylic acid groups (broad SMARTS) is 1. The molecule has 0 aliphatic carbocycles. The zero-order chi connectivity index (χ0) is 19.9. The summed E-state index contributed by atoms with van der Waals surface area (Å²) in [5.41, 5.74) is 3.60. The number of aromatic amines is 1. The number of carboxylic acids is 1. The van der Waals surface area contributed by atoms with Crippen LogP contribution in [0.15, 0.2) is 70.5 Å². The average Bonchev–Trinajstić information content (AvgIpc) is 2.67. The first-order valence-electron chi connectivity index (χ1n) is 8.68. The molecule has 0 bridgehead atoms. The molecular formula is C22H18N2O3S.